The first kappa shape index (κ1) is 37.5. The summed E-state index contributed by atoms with van der Waals surface area (Å²) in [4.78, 5) is 55.5. The first-order valence-electron chi connectivity index (χ1n) is 20.0. The van der Waals surface area contributed by atoms with E-state index >= 15 is 0 Å². The molecular weight excluding hydrogens is 628 g/mol. The highest BCUT2D eigenvalue weighted by Crippen LogP contribution is 2.76. The van der Waals surface area contributed by atoms with Gasteiger partial charge in [-0.3, -0.25) is 19.2 Å². The minimum Gasteiger partial charge on any atom is -0.481 e. The van der Waals surface area contributed by atoms with Crippen LogP contribution in [-0.4, -0.2) is 65.9 Å². The van der Waals surface area contributed by atoms with Crippen molar-refractivity contribution in [1.82, 2.24) is 10.2 Å². The number of esters is 1. The number of aliphatic carboxylic acids is 1. The van der Waals surface area contributed by atoms with Crippen LogP contribution in [0.4, 0.5) is 0 Å². The molecule has 0 aromatic carbocycles. The minimum atomic E-state index is -1.16. The van der Waals surface area contributed by atoms with E-state index in [9.17, 15) is 24.3 Å². The molecule has 8 heteroatoms. The molecule has 0 bridgehead atoms. The molecule has 5 fully saturated rings. The molecular formula is C42H66N2O6. The van der Waals surface area contributed by atoms with Gasteiger partial charge < -0.3 is 20.1 Å². The van der Waals surface area contributed by atoms with E-state index < -0.39 is 22.8 Å². The third kappa shape index (κ3) is 5.62. The molecule has 1 amide bonds. The van der Waals surface area contributed by atoms with E-state index in [1.807, 2.05) is 0 Å². The zero-order chi connectivity index (χ0) is 36.7. The number of carbonyl (C=O) groups is 4. The molecule has 0 spiro atoms. The Kier molecular flexibility index (Phi) is 9.55. The second-order valence-electron chi connectivity index (χ2n) is 19.8. The van der Waals surface area contributed by atoms with E-state index in [0.717, 1.165) is 76.6 Å². The Labute approximate surface area is 301 Å². The molecule has 0 radical (unpaired) electrons. The summed E-state index contributed by atoms with van der Waals surface area (Å²) in [7, 11) is 0. The van der Waals surface area contributed by atoms with Crippen LogP contribution in [0, 0.1) is 56.2 Å². The molecule has 0 unspecified atom stereocenters. The van der Waals surface area contributed by atoms with Gasteiger partial charge in [0.1, 0.15) is 6.10 Å². The van der Waals surface area contributed by atoms with Gasteiger partial charge in [0.25, 0.3) is 0 Å². The van der Waals surface area contributed by atoms with Gasteiger partial charge in [-0.15, -0.1) is 0 Å². The number of likely N-dealkylation sites (tertiary alicyclic amines) is 1. The van der Waals surface area contributed by atoms with Crippen LogP contribution >= 0.6 is 0 Å². The number of rotatable bonds is 9. The van der Waals surface area contributed by atoms with Crippen molar-refractivity contribution in [1.29, 1.82) is 0 Å². The number of ether oxygens (including phenoxy) is 1. The standard InChI is InChI=1S/C42H66N2O6/c1-26(2)33-28(45)24-42(35(47)43-20-23-44-21-10-11-22-44)19-18-40(8)27(34(33)42)12-13-30-39(7)16-15-31(50-32(46)25-37(3,4)36(48)49)38(5,6)29(39)14-17-41(30,40)9/h26-27,29-31H,10-25H2,1-9H3,(H,43,47)(H,48,49)/t27-,29+,30-,31+,39+,40-,41-,42-/m1/s1. The van der Waals surface area contributed by atoms with Crippen molar-refractivity contribution in [3.63, 3.8) is 0 Å². The summed E-state index contributed by atoms with van der Waals surface area (Å²) in [5.74, 6) is 0.0382. The molecule has 6 aliphatic rings. The summed E-state index contributed by atoms with van der Waals surface area (Å²) in [6.45, 7) is 23.3. The first-order chi connectivity index (χ1) is 23.2. The monoisotopic (exact) mass is 694 g/mol. The lowest BCUT2D eigenvalue weighted by Gasteiger charge is -2.72. The molecule has 0 aromatic rings. The smallest absolute Gasteiger partial charge is 0.309 e. The molecule has 1 heterocycles. The summed E-state index contributed by atoms with van der Waals surface area (Å²) in [6.07, 6.45) is 10.1. The lowest BCUT2D eigenvalue weighted by molar-refractivity contribution is -0.233. The maximum Gasteiger partial charge on any atom is 0.309 e. The van der Waals surface area contributed by atoms with Crippen LogP contribution < -0.4 is 5.32 Å². The van der Waals surface area contributed by atoms with Crippen molar-refractivity contribution in [2.75, 3.05) is 26.2 Å². The molecule has 8 atom stereocenters. The van der Waals surface area contributed by atoms with E-state index in [0.29, 0.717) is 24.8 Å². The Hall–Kier alpha value is -2.22. The fourth-order valence-electron chi connectivity index (χ4n) is 13.2. The summed E-state index contributed by atoms with van der Waals surface area (Å²) in [6, 6.07) is 0. The van der Waals surface area contributed by atoms with Gasteiger partial charge in [-0.05, 0) is 142 Å². The fourth-order valence-corrected chi connectivity index (χ4v) is 13.2. The van der Waals surface area contributed by atoms with Gasteiger partial charge in [0.2, 0.25) is 5.91 Å². The molecule has 2 N–H and O–H groups in total. The Balaban J connectivity index is 1.26. The average Bonchev–Trinajstić information content (AvgIpc) is 3.64. The number of carboxylic acid groups (broad SMARTS) is 1. The van der Waals surface area contributed by atoms with Crippen LogP contribution in [-0.2, 0) is 23.9 Å². The summed E-state index contributed by atoms with van der Waals surface area (Å²) >= 11 is 0. The van der Waals surface area contributed by atoms with Crippen molar-refractivity contribution < 1.29 is 29.0 Å². The predicted octanol–water partition coefficient (Wildman–Crippen LogP) is 7.59. The van der Waals surface area contributed by atoms with Crippen LogP contribution in [0.5, 0.6) is 0 Å². The lowest BCUT2D eigenvalue weighted by atomic mass is 9.33. The number of hydrogen-bond donors (Lipinski definition) is 2. The number of Topliss-reactive ketones (excluding diaryl/α,β-unsaturated/α-hetero) is 1. The average molecular weight is 695 g/mol. The van der Waals surface area contributed by atoms with Crippen molar-refractivity contribution in [3.8, 4) is 0 Å². The highest BCUT2D eigenvalue weighted by molar-refractivity contribution is 6.07. The second-order valence-corrected chi connectivity index (χ2v) is 19.8. The van der Waals surface area contributed by atoms with Gasteiger partial charge in [0, 0.05) is 24.9 Å². The Morgan fingerprint density at radius 1 is 0.920 bits per heavy atom. The number of nitrogens with one attached hydrogen (secondary N) is 1. The maximum atomic E-state index is 14.4. The van der Waals surface area contributed by atoms with Crippen molar-refractivity contribution in [3.05, 3.63) is 11.1 Å². The molecule has 280 valence electrons. The largest absolute Gasteiger partial charge is 0.481 e. The van der Waals surface area contributed by atoms with Gasteiger partial charge in [-0.25, -0.2) is 0 Å². The van der Waals surface area contributed by atoms with E-state index in [2.05, 4.69) is 58.7 Å². The Morgan fingerprint density at radius 3 is 2.24 bits per heavy atom. The molecule has 4 saturated carbocycles. The number of amides is 1. The number of nitrogens with zero attached hydrogens (tertiary/aromatic N) is 1. The zero-order valence-corrected chi connectivity index (χ0v) is 32.6. The number of hydrogen-bond acceptors (Lipinski definition) is 6. The number of fused-ring (bicyclic) bond motifs is 7. The molecule has 8 nitrogen and oxygen atoms in total. The third-order valence-corrected chi connectivity index (χ3v) is 16.2. The van der Waals surface area contributed by atoms with Gasteiger partial charge >= 0.3 is 11.9 Å². The van der Waals surface area contributed by atoms with Crippen LogP contribution in [0.2, 0.25) is 0 Å². The first-order valence-corrected chi connectivity index (χ1v) is 20.0. The highest BCUT2D eigenvalue weighted by atomic mass is 16.5. The number of carbonyl (C=O) groups excluding carboxylic acids is 3. The topological polar surface area (TPSA) is 113 Å². The summed E-state index contributed by atoms with van der Waals surface area (Å²) in [5.41, 5.74) is 0.126. The zero-order valence-electron chi connectivity index (χ0n) is 32.6. The second kappa shape index (κ2) is 12.7. The SMILES string of the molecule is CC(C)C1=C2[C@H]3CC[C@@H]4[C@@]5(C)CC[C@H](OC(=O)CC(C)(C)C(=O)O)C(C)(C)[C@@H]5CC[C@@]4(C)[C@]3(C)CC[C@@]2(C(=O)NCCN2CCCC2)CC1=O. The molecule has 1 aliphatic heterocycles. The van der Waals surface area contributed by atoms with Gasteiger partial charge in [0.15, 0.2) is 5.78 Å². The van der Waals surface area contributed by atoms with Crippen LogP contribution in [0.15, 0.2) is 11.1 Å². The van der Waals surface area contributed by atoms with E-state index in [1.165, 1.54) is 18.4 Å². The molecule has 5 aliphatic carbocycles. The molecule has 1 saturated heterocycles. The van der Waals surface area contributed by atoms with E-state index in [-0.39, 0.29) is 57.7 Å². The normalized spacial score (nSPS) is 39.8. The minimum absolute atomic E-state index is 0.0286. The number of carboxylic acids is 1. The summed E-state index contributed by atoms with van der Waals surface area (Å²) < 4.78 is 6.15. The van der Waals surface area contributed by atoms with E-state index in [1.54, 1.807) is 13.8 Å². The van der Waals surface area contributed by atoms with Crippen LogP contribution in [0.25, 0.3) is 0 Å². The van der Waals surface area contributed by atoms with Gasteiger partial charge in [0.05, 0.1) is 17.3 Å². The number of ketones is 1. The Bertz CT molecular complexity index is 1440. The highest BCUT2D eigenvalue weighted by Gasteiger charge is 2.71. The van der Waals surface area contributed by atoms with Crippen LogP contribution in [0.1, 0.15) is 139 Å². The third-order valence-electron chi connectivity index (χ3n) is 16.2. The molecule has 50 heavy (non-hydrogen) atoms. The molecule has 0 aromatic heterocycles. The van der Waals surface area contributed by atoms with Crippen LogP contribution in [0.3, 0.4) is 0 Å². The predicted molar refractivity (Wildman–Crippen MR) is 194 cm³/mol. The van der Waals surface area contributed by atoms with Crippen molar-refractivity contribution >= 4 is 23.6 Å². The van der Waals surface area contributed by atoms with E-state index in [4.69, 9.17) is 4.74 Å². The van der Waals surface area contributed by atoms with Gasteiger partial charge in [-0.2, -0.15) is 0 Å². The van der Waals surface area contributed by atoms with Crippen molar-refractivity contribution in [2.45, 2.75) is 145 Å². The lowest BCUT2D eigenvalue weighted by Crippen LogP contribution is -2.66. The molecule has 6 rings (SSSR count). The van der Waals surface area contributed by atoms with Crippen molar-refractivity contribution in [2.24, 2.45) is 56.2 Å². The summed E-state index contributed by atoms with van der Waals surface area (Å²) in [5, 5.41) is 12.9. The van der Waals surface area contributed by atoms with Gasteiger partial charge in [-0.1, -0.05) is 48.5 Å². The number of allylic oxidation sites excluding steroid dienone is 1. The maximum absolute atomic E-state index is 14.4. The fraction of sp³-hybridized carbons (Fsp3) is 0.857. The Morgan fingerprint density at radius 2 is 1.60 bits per heavy atom. The quantitative estimate of drug-likeness (QED) is 0.239.